The molecule has 0 rings (SSSR count). The van der Waals surface area contributed by atoms with Gasteiger partial charge in [-0.15, -0.1) is 0 Å². The Kier molecular flexibility index (Phi) is 18.7. The predicted molar refractivity (Wildman–Crippen MR) is 94.5 cm³/mol. The second kappa shape index (κ2) is 17.9. The molecule has 0 saturated heterocycles. The molecule has 0 spiro atoms. The van der Waals surface area contributed by atoms with E-state index in [0.29, 0.717) is 0 Å². The zero-order valence-corrected chi connectivity index (χ0v) is 15.1. The SMILES string of the molecule is CCCCCCCCP[PH2+]CCCCCCCC. The van der Waals surface area contributed by atoms with Crippen molar-refractivity contribution in [2.75, 3.05) is 12.3 Å². The third kappa shape index (κ3) is 16.9. The number of hydrogen-bond donors (Lipinski definition) is 0. The molecular formula is C16H37P2+. The third-order valence-corrected chi connectivity index (χ3v) is 7.75. The highest BCUT2D eigenvalue weighted by Gasteiger charge is 1.97. The molecule has 2 unspecified atom stereocenters. The highest BCUT2D eigenvalue weighted by molar-refractivity contribution is 8.11. The maximum Gasteiger partial charge on any atom is 0.0569 e. The van der Waals surface area contributed by atoms with Crippen molar-refractivity contribution < 1.29 is 0 Å². The number of unbranched alkanes of at least 4 members (excludes halogenated alkanes) is 10. The lowest BCUT2D eigenvalue weighted by Crippen LogP contribution is -1.81. The first-order valence-electron chi connectivity index (χ1n) is 8.46. The molecule has 0 N–H and O–H groups in total. The van der Waals surface area contributed by atoms with E-state index in [9.17, 15) is 0 Å². The summed E-state index contributed by atoms with van der Waals surface area (Å²) in [7, 11) is 2.16. The normalized spacial score (nSPS) is 12.3. The average Bonchev–Trinajstić information content (AvgIpc) is 2.39. The molecule has 0 radical (unpaired) electrons. The van der Waals surface area contributed by atoms with Crippen molar-refractivity contribution in [3.05, 3.63) is 0 Å². The van der Waals surface area contributed by atoms with Gasteiger partial charge in [-0.1, -0.05) is 71.6 Å². The molecule has 110 valence electrons. The molecule has 0 fully saturated rings. The standard InChI is InChI=1S/C16H36P2/c1-3-5-7-9-11-13-15-17-18-16-14-12-10-8-6-4-2/h17-18H,3-16H2,1-2H3/p+1. The van der Waals surface area contributed by atoms with Gasteiger partial charge in [-0.3, -0.25) is 0 Å². The summed E-state index contributed by atoms with van der Waals surface area (Å²) < 4.78 is 0. The smallest absolute Gasteiger partial charge is 0.0569 e. The molecule has 18 heavy (non-hydrogen) atoms. The van der Waals surface area contributed by atoms with Gasteiger partial charge in [0.2, 0.25) is 0 Å². The third-order valence-electron chi connectivity index (χ3n) is 3.52. The quantitative estimate of drug-likeness (QED) is 0.232. The van der Waals surface area contributed by atoms with E-state index in [2.05, 4.69) is 13.8 Å². The van der Waals surface area contributed by atoms with Crippen LogP contribution in [0, 0.1) is 0 Å². The van der Waals surface area contributed by atoms with Crippen LogP contribution in [0.3, 0.4) is 0 Å². The van der Waals surface area contributed by atoms with Crippen molar-refractivity contribution in [1.82, 2.24) is 0 Å². The lowest BCUT2D eigenvalue weighted by molar-refractivity contribution is 0.626. The van der Waals surface area contributed by atoms with Gasteiger partial charge in [-0.05, 0) is 25.4 Å². The first kappa shape index (κ1) is 18.9. The topological polar surface area (TPSA) is 0 Å². The van der Waals surface area contributed by atoms with Crippen LogP contribution in [0.15, 0.2) is 0 Å². The second-order valence-corrected chi connectivity index (χ2v) is 9.83. The lowest BCUT2D eigenvalue weighted by atomic mass is 10.1. The van der Waals surface area contributed by atoms with Crippen LogP contribution in [0.5, 0.6) is 0 Å². The monoisotopic (exact) mass is 291 g/mol. The van der Waals surface area contributed by atoms with Gasteiger partial charge in [0.25, 0.3) is 0 Å². The molecular weight excluding hydrogens is 254 g/mol. The maximum absolute atomic E-state index is 2.30. The van der Waals surface area contributed by atoms with E-state index in [1.54, 1.807) is 12.3 Å². The Bertz CT molecular complexity index is 121. The molecule has 0 nitrogen and oxygen atoms in total. The van der Waals surface area contributed by atoms with Crippen LogP contribution in [0.4, 0.5) is 0 Å². The van der Waals surface area contributed by atoms with E-state index in [-0.39, 0.29) is 0 Å². The highest BCUT2D eigenvalue weighted by atomic mass is 32.0. The zero-order chi connectivity index (χ0) is 13.3. The van der Waals surface area contributed by atoms with Gasteiger partial charge in [0.05, 0.1) is 6.16 Å². The van der Waals surface area contributed by atoms with Crippen molar-refractivity contribution in [2.45, 2.75) is 90.9 Å². The highest BCUT2D eigenvalue weighted by Crippen LogP contribution is 2.38. The van der Waals surface area contributed by atoms with Crippen molar-refractivity contribution in [1.29, 1.82) is 0 Å². The van der Waals surface area contributed by atoms with Crippen LogP contribution in [-0.2, 0) is 0 Å². The largest absolute Gasteiger partial charge is 0.0654 e. The first-order chi connectivity index (χ1) is 8.91. The summed E-state index contributed by atoms with van der Waals surface area (Å²) in [6.45, 7) is 4.60. The van der Waals surface area contributed by atoms with E-state index in [1.807, 2.05) is 0 Å². The molecule has 2 heteroatoms. The lowest BCUT2D eigenvalue weighted by Gasteiger charge is -1.99. The first-order valence-corrected chi connectivity index (χ1v) is 12.3. The number of rotatable bonds is 15. The zero-order valence-electron chi connectivity index (χ0n) is 13.0. The van der Waals surface area contributed by atoms with E-state index in [4.69, 9.17) is 0 Å². The molecule has 0 aromatic rings. The molecule has 2 atom stereocenters. The summed E-state index contributed by atoms with van der Waals surface area (Å²) >= 11 is 0. The molecule has 0 bridgehead atoms. The Hall–Kier alpha value is 0.860. The van der Waals surface area contributed by atoms with Gasteiger partial charge in [-0.2, -0.15) is 0 Å². The molecule has 0 heterocycles. The van der Waals surface area contributed by atoms with Gasteiger partial charge < -0.3 is 0 Å². The minimum Gasteiger partial charge on any atom is -0.0654 e. The maximum atomic E-state index is 2.30. The van der Waals surface area contributed by atoms with Crippen LogP contribution in [0.2, 0.25) is 0 Å². The Balaban J connectivity index is 2.86. The average molecular weight is 291 g/mol. The van der Waals surface area contributed by atoms with Crippen LogP contribution in [0.25, 0.3) is 0 Å². The van der Waals surface area contributed by atoms with Gasteiger partial charge in [0.1, 0.15) is 0 Å². The summed E-state index contributed by atoms with van der Waals surface area (Å²) in [4.78, 5) is 0. The van der Waals surface area contributed by atoms with Gasteiger partial charge in [0, 0.05) is 16.5 Å². The van der Waals surface area contributed by atoms with E-state index in [1.165, 1.54) is 85.3 Å². The molecule has 0 amide bonds. The van der Waals surface area contributed by atoms with Crippen LogP contribution >= 0.6 is 16.5 Å². The summed E-state index contributed by atoms with van der Waals surface area (Å²) in [6.07, 6.45) is 20.8. The van der Waals surface area contributed by atoms with E-state index < -0.39 is 0 Å². The van der Waals surface area contributed by atoms with Crippen LogP contribution in [-0.4, -0.2) is 12.3 Å². The Morgan fingerprint density at radius 1 is 0.611 bits per heavy atom. The van der Waals surface area contributed by atoms with Gasteiger partial charge in [-0.25, -0.2) is 0 Å². The Morgan fingerprint density at radius 3 is 1.72 bits per heavy atom. The fraction of sp³-hybridized carbons (Fsp3) is 1.00. The molecule has 0 aromatic heterocycles. The van der Waals surface area contributed by atoms with E-state index >= 15 is 0 Å². The Labute approximate surface area is 120 Å². The molecule has 0 aliphatic heterocycles. The van der Waals surface area contributed by atoms with Crippen LogP contribution < -0.4 is 0 Å². The minimum atomic E-state index is 0.820. The fourth-order valence-electron chi connectivity index (χ4n) is 2.24. The van der Waals surface area contributed by atoms with Gasteiger partial charge >= 0.3 is 0 Å². The summed E-state index contributed by atoms with van der Waals surface area (Å²) in [5.41, 5.74) is 0. The predicted octanol–water partition coefficient (Wildman–Crippen LogP) is 6.71. The van der Waals surface area contributed by atoms with Crippen molar-refractivity contribution >= 4 is 16.5 Å². The van der Waals surface area contributed by atoms with Crippen molar-refractivity contribution in [3.8, 4) is 0 Å². The molecule has 0 aliphatic carbocycles. The number of hydrogen-bond acceptors (Lipinski definition) is 0. The Morgan fingerprint density at radius 2 is 1.11 bits per heavy atom. The minimum absolute atomic E-state index is 0.820. The fourth-order valence-corrected chi connectivity index (χ4v) is 6.04. The van der Waals surface area contributed by atoms with Crippen molar-refractivity contribution in [3.63, 3.8) is 0 Å². The molecule has 0 aliphatic rings. The second-order valence-electron chi connectivity index (χ2n) is 5.48. The molecule has 0 aromatic carbocycles. The summed E-state index contributed by atoms with van der Waals surface area (Å²) in [5, 5.41) is 0. The van der Waals surface area contributed by atoms with Gasteiger partial charge in [0.15, 0.2) is 0 Å². The van der Waals surface area contributed by atoms with Crippen LogP contribution in [0.1, 0.15) is 90.9 Å². The van der Waals surface area contributed by atoms with E-state index in [0.717, 1.165) is 8.27 Å². The summed E-state index contributed by atoms with van der Waals surface area (Å²) in [5.74, 6) is 0. The van der Waals surface area contributed by atoms with Crippen molar-refractivity contribution in [2.24, 2.45) is 0 Å². The summed E-state index contributed by atoms with van der Waals surface area (Å²) in [6, 6.07) is 0. The molecule has 0 saturated carbocycles.